The summed E-state index contributed by atoms with van der Waals surface area (Å²) in [6.07, 6.45) is 0. The molecular formula is C22H18N4O5S. The first-order chi connectivity index (χ1) is 15.2. The van der Waals surface area contributed by atoms with Crippen LogP contribution in [0, 0.1) is 30.9 Å². The quantitative estimate of drug-likeness (QED) is 0.358. The maximum Gasteiger partial charge on any atom is 0.270 e. The van der Waals surface area contributed by atoms with Gasteiger partial charge in [0.15, 0.2) is 5.13 Å². The van der Waals surface area contributed by atoms with Gasteiger partial charge in [-0.2, -0.15) is 0 Å². The summed E-state index contributed by atoms with van der Waals surface area (Å²) in [5, 5.41) is 15.7. The number of rotatable bonds is 5. The van der Waals surface area contributed by atoms with Crippen LogP contribution in [0.3, 0.4) is 0 Å². The maximum atomic E-state index is 12.6. The molecule has 0 atom stereocenters. The second-order valence-corrected chi connectivity index (χ2v) is 8.40. The summed E-state index contributed by atoms with van der Waals surface area (Å²) in [5.74, 6) is -2.00. The van der Waals surface area contributed by atoms with Gasteiger partial charge in [-0.1, -0.05) is 17.7 Å². The molecule has 0 aliphatic carbocycles. The number of thiazole rings is 1. The number of nitro groups is 1. The van der Waals surface area contributed by atoms with E-state index in [-0.39, 0.29) is 16.8 Å². The summed E-state index contributed by atoms with van der Waals surface area (Å²) >= 11 is 1.24. The Morgan fingerprint density at radius 1 is 1.09 bits per heavy atom. The number of nitro benzene ring substituents is 1. The molecule has 2 aromatic carbocycles. The van der Waals surface area contributed by atoms with Gasteiger partial charge in [-0.05, 0) is 38.0 Å². The summed E-state index contributed by atoms with van der Waals surface area (Å²) < 4.78 is 0. The molecule has 0 bridgehead atoms. The van der Waals surface area contributed by atoms with E-state index < -0.39 is 29.2 Å². The summed E-state index contributed by atoms with van der Waals surface area (Å²) in [5.41, 5.74) is 4.68. The molecule has 0 fully saturated rings. The SMILES string of the molecule is Cc1cc(C)c(-c2csc(NC(=O)CN3C(=O)c4ccc([N+](=O)[O-])cc4C3=O)n2)c(C)c1. The summed E-state index contributed by atoms with van der Waals surface area (Å²) in [7, 11) is 0. The molecule has 9 nitrogen and oxygen atoms in total. The average Bonchev–Trinajstić information content (AvgIpc) is 3.25. The lowest BCUT2D eigenvalue weighted by Crippen LogP contribution is -2.37. The van der Waals surface area contributed by atoms with Crippen molar-refractivity contribution in [1.29, 1.82) is 0 Å². The minimum absolute atomic E-state index is 0.0373. The van der Waals surface area contributed by atoms with Gasteiger partial charge in [0.2, 0.25) is 5.91 Å². The number of carbonyl (C=O) groups excluding carboxylic acids is 3. The molecule has 1 N–H and O–H groups in total. The van der Waals surface area contributed by atoms with Crippen molar-refractivity contribution in [3.63, 3.8) is 0 Å². The number of non-ortho nitro benzene ring substituents is 1. The number of carbonyl (C=O) groups is 3. The third-order valence-corrected chi connectivity index (χ3v) is 5.91. The number of anilines is 1. The molecule has 3 amide bonds. The van der Waals surface area contributed by atoms with Crippen molar-refractivity contribution in [2.45, 2.75) is 20.8 Å². The highest BCUT2D eigenvalue weighted by Gasteiger charge is 2.37. The molecule has 0 radical (unpaired) electrons. The molecular weight excluding hydrogens is 432 g/mol. The van der Waals surface area contributed by atoms with Crippen molar-refractivity contribution in [2.24, 2.45) is 0 Å². The van der Waals surface area contributed by atoms with Gasteiger partial charge in [0.25, 0.3) is 17.5 Å². The fourth-order valence-electron chi connectivity index (χ4n) is 3.87. The van der Waals surface area contributed by atoms with Crippen molar-refractivity contribution in [3.05, 3.63) is 73.6 Å². The lowest BCUT2D eigenvalue weighted by molar-refractivity contribution is -0.384. The van der Waals surface area contributed by atoms with Crippen LogP contribution < -0.4 is 5.32 Å². The second kappa shape index (κ2) is 7.97. The number of aryl methyl sites for hydroxylation is 3. The number of nitrogens with zero attached hydrogens (tertiary/aromatic N) is 3. The van der Waals surface area contributed by atoms with E-state index in [1.165, 1.54) is 17.4 Å². The molecule has 10 heteroatoms. The third kappa shape index (κ3) is 3.76. The van der Waals surface area contributed by atoms with Crippen LogP contribution in [0.15, 0.2) is 35.7 Å². The fraction of sp³-hybridized carbons (Fsp3) is 0.182. The first kappa shape index (κ1) is 21.3. The highest BCUT2D eigenvalue weighted by atomic mass is 32.1. The van der Waals surface area contributed by atoms with Crippen LogP contribution in [0.1, 0.15) is 37.4 Å². The Morgan fingerprint density at radius 3 is 2.41 bits per heavy atom. The number of amides is 3. The maximum absolute atomic E-state index is 12.6. The number of nitrogens with one attached hydrogen (secondary N) is 1. The molecule has 0 saturated heterocycles. The van der Waals surface area contributed by atoms with Crippen molar-refractivity contribution >= 4 is 39.9 Å². The first-order valence-electron chi connectivity index (χ1n) is 9.64. The second-order valence-electron chi connectivity index (χ2n) is 7.54. The van der Waals surface area contributed by atoms with Gasteiger partial charge in [0.1, 0.15) is 6.54 Å². The molecule has 0 saturated carbocycles. The molecule has 1 aromatic heterocycles. The molecule has 3 aromatic rings. The van der Waals surface area contributed by atoms with Crippen molar-refractivity contribution in [2.75, 3.05) is 11.9 Å². The van der Waals surface area contributed by atoms with E-state index >= 15 is 0 Å². The van der Waals surface area contributed by atoms with Gasteiger partial charge < -0.3 is 5.32 Å². The number of aromatic nitrogens is 1. The van der Waals surface area contributed by atoms with Crippen LogP contribution in [0.5, 0.6) is 0 Å². The average molecular weight is 450 g/mol. The summed E-state index contributed by atoms with van der Waals surface area (Å²) in [4.78, 5) is 53.1. The van der Waals surface area contributed by atoms with Crippen molar-refractivity contribution < 1.29 is 19.3 Å². The van der Waals surface area contributed by atoms with Crippen LogP contribution in [-0.4, -0.2) is 39.1 Å². The summed E-state index contributed by atoms with van der Waals surface area (Å²) in [6, 6.07) is 7.55. The lowest BCUT2D eigenvalue weighted by atomic mass is 9.98. The predicted octanol–water partition coefficient (Wildman–Crippen LogP) is 3.88. The van der Waals surface area contributed by atoms with E-state index in [4.69, 9.17) is 0 Å². The Balaban J connectivity index is 1.49. The molecule has 2 heterocycles. The van der Waals surface area contributed by atoms with Gasteiger partial charge >= 0.3 is 0 Å². The van der Waals surface area contributed by atoms with Gasteiger partial charge in [-0.15, -0.1) is 11.3 Å². The van der Waals surface area contributed by atoms with Gasteiger partial charge in [0.05, 0.1) is 21.7 Å². The van der Waals surface area contributed by atoms with E-state index in [1.807, 2.05) is 26.2 Å². The minimum Gasteiger partial charge on any atom is -0.300 e. The standard InChI is InChI=1S/C22H18N4O5S/c1-11-6-12(2)19(13(3)7-11)17-10-32-22(23-17)24-18(27)9-25-20(28)15-5-4-14(26(30)31)8-16(15)21(25)29/h4-8,10H,9H2,1-3H3,(H,23,24,27). The monoisotopic (exact) mass is 450 g/mol. The normalized spacial score (nSPS) is 12.8. The van der Waals surface area contributed by atoms with Crippen molar-refractivity contribution in [3.8, 4) is 11.3 Å². The van der Waals surface area contributed by atoms with Crippen LogP contribution in [0.4, 0.5) is 10.8 Å². The minimum atomic E-state index is -0.741. The van der Waals surface area contributed by atoms with Gasteiger partial charge in [0, 0.05) is 23.1 Å². The van der Waals surface area contributed by atoms with Gasteiger partial charge in [-0.3, -0.25) is 29.4 Å². The molecule has 32 heavy (non-hydrogen) atoms. The van der Waals surface area contributed by atoms with E-state index in [0.29, 0.717) is 5.13 Å². The summed E-state index contributed by atoms with van der Waals surface area (Å²) in [6.45, 7) is 5.50. The predicted molar refractivity (Wildman–Crippen MR) is 119 cm³/mol. The number of hydrogen-bond acceptors (Lipinski definition) is 7. The zero-order chi connectivity index (χ0) is 23.2. The highest BCUT2D eigenvalue weighted by molar-refractivity contribution is 7.14. The molecule has 4 rings (SSSR count). The molecule has 1 aliphatic heterocycles. The van der Waals surface area contributed by atoms with Crippen LogP contribution in [-0.2, 0) is 4.79 Å². The molecule has 0 unspecified atom stereocenters. The largest absolute Gasteiger partial charge is 0.300 e. The fourth-order valence-corrected chi connectivity index (χ4v) is 4.59. The van der Waals surface area contributed by atoms with E-state index in [0.717, 1.165) is 45.0 Å². The topological polar surface area (TPSA) is 123 Å². The molecule has 1 aliphatic rings. The Kier molecular flexibility index (Phi) is 5.31. The lowest BCUT2D eigenvalue weighted by Gasteiger charge is -2.12. The van der Waals surface area contributed by atoms with Crippen molar-refractivity contribution in [1.82, 2.24) is 9.88 Å². The highest BCUT2D eigenvalue weighted by Crippen LogP contribution is 2.31. The Hall–Kier alpha value is -3.92. The Morgan fingerprint density at radius 2 is 1.75 bits per heavy atom. The third-order valence-electron chi connectivity index (χ3n) is 5.15. The van der Waals surface area contributed by atoms with Crippen LogP contribution >= 0.6 is 11.3 Å². The van der Waals surface area contributed by atoms with Crippen LogP contribution in [0.25, 0.3) is 11.3 Å². The van der Waals surface area contributed by atoms with Gasteiger partial charge in [-0.25, -0.2) is 4.98 Å². The number of imide groups is 1. The molecule has 0 spiro atoms. The van der Waals surface area contributed by atoms with E-state index in [1.54, 1.807) is 0 Å². The van der Waals surface area contributed by atoms with Crippen LogP contribution in [0.2, 0.25) is 0 Å². The molecule has 162 valence electrons. The van der Waals surface area contributed by atoms with E-state index in [2.05, 4.69) is 22.4 Å². The number of benzene rings is 2. The van der Waals surface area contributed by atoms with E-state index in [9.17, 15) is 24.5 Å². The Labute approximate surface area is 186 Å². The smallest absolute Gasteiger partial charge is 0.270 e. The Bertz CT molecular complexity index is 1290. The number of fused-ring (bicyclic) bond motifs is 1. The first-order valence-corrected chi connectivity index (χ1v) is 10.5. The zero-order valence-electron chi connectivity index (χ0n) is 17.5. The number of hydrogen-bond donors (Lipinski definition) is 1. The zero-order valence-corrected chi connectivity index (χ0v) is 18.3.